The van der Waals surface area contributed by atoms with E-state index in [4.69, 9.17) is 0 Å². The summed E-state index contributed by atoms with van der Waals surface area (Å²) < 4.78 is 63.3. The molecule has 0 spiro atoms. The largest absolute Gasteiger partial charge is 0.574 e. The van der Waals surface area contributed by atoms with Gasteiger partial charge in [0.1, 0.15) is 0 Å². The monoisotopic (exact) mass is 243 g/mol. The zero-order chi connectivity index (χ0) is 12.5. The maximum Gasteiger partial charge on any atom is 0.574 e. The minimum atomic E-state index is -5.04. The third-order valence-electron chi connectivity index (χ3n) is 1.76. The van der Waals surface area contributed by atoms with Crippen molar-refractivity contribution >= 4 is 0 Å². The molecule has 8 heteroatoms. The molecule has 3 nitrogen and oxygen atoms in total. The lowest BCUT2D eigenvalue weighted by Crippen LogP contribution is -2.21. The first kappa shape index (κ1) is 12.5. The number of aromatic nitrogens is 1. The van der Waals surface area contributed by atoms with Gasteiger partial charge < -0.3 is 4.74 Å². The normalized spacial score (nSPS) is 11.9. The van der Waals surface area contributed by atoms with Crippen molar-refractivity contribution in [2.45, 2.75) is 19.7 Å². The zero-order valence-corrected chi connectivity index (χ0v) is 7.86. The summed E-state index contributed by atoms with van der Waals surface area (Å²) in [6, 6.07) is 0.453. The topological polar surface area (TPSA) is 42.1 Å². The number of ether oxygens (including phenoxy) is 1. The molecule has 0 aliphatic carbocycles. The Morgan fingerprint density at radius 1 is 1.38 bits per heavy atom. The molecule has 0 atom stereocenters. The van der Waals surface area contributed by atoms with Gasteiger partial charge in [-0.05, 0) is 6.92 Å². The highest BCUT2D eigenvalue weighted by atomic mass is 19.4. The first-order valence-corrected chi connectivity index (χ1v) is 3.98. The molecule has 0 amide bonds. The lowest BCUT2D eigenvalue weighted by molar-refractivity contribution is -0.276. The zero-order valence-electron chi connectivity index (χ0n) is 7.86. The maximum atomic E-state index is 12.3. The van der Waals surface area contributed by atoms with Gasteiger partial charge in [0.15, 0.2) is 0 Å². The fourth-order valence-electron chi connectivity index (χ4n) is 1.03. The molecule has 16 heavy (non-hydrogen) atoms. The summed E-state index contributed by atoms with van der Waals surface area (Å²) in [4.78, 5) is 12.7. The molecule has 0 aromatic carbocycles. The molecule has 1 aromatic heterocycles. The van der Waals surface area contributed by atoms with E-state index >= 15 is 0 Å². The van der Waals surface area contributed by atoms with Gasteiger partial charge in [0.05, 0.1) is 0 Å². The molecule has 1 heterocycles. The third kappa shape index (κ3) is 2.94. The van der Waals surface area contributed by atoms with Gasteiger partial charge in [0, 0.05) is 17.2 Å². The number of H-pyrrole nitrogens is 1. The van der Waals surface area contributed by atoms with Crippen molar-refractivity contribution in [3.05, 3.63) is 27.5 Å². The highest BCUT2D eigenvalue weighted by Gasteiger charge is 2.32. The Morgan fingerprint density at radius 2 is 1.94 bits per heavy atom. The predicted molar refractivity (Wildman–Crippen MR) is 43.4 cm³/mol. The molecule has 1 rings (SSSR count). The van der Waals surface area contributed by atoms with Crippen molar-refractivity contribution in [3.63, 3.8) is 0 Å². The van der Waals surface area contributed by atoms with Crippen LogP contribution in [-0.2, 0) is 0 Å². The molecule has 0 bridgehead atoms. The number of hydrogen-bond acceptors (Lipinski definition) is 2. The van der Waals surface area contributed by atoms with Gasteiger partial charge in [-0.2, -0.15) is 0 Å². The highest BCUT2D eigenvalue weighted by Crippen LogP contribution is 2.26. The average Bonchev–Trinajstić information content (AvgIpc) is 2.07. The van der Waals surface area contributed by atoms with E-state index < -0.39 is 29.8 Å². The van der Waals surface area contributed by atoms with Crippen LogP contribution in [0.2, 0.25) is 0 Å². The number of aromatic amines is 1. The second-order valence-electron chi connectivity index (χ2n) is 2.89. The Bertz CT molecular complexity index is 437. The number of pyridine rings is 1. The van der Waals surface area contributed by atoms with E-state index in [9.17, 15) is 26.7 Å². The van der Waals surface area contributed by atoms with Crippen LogP contribution in [0.5, 0.6) is 5.88 Å². The van der Waals surface area contributed by atoms with Gasteiger partial charge in [-0.15, -0.1) is 13.2 Å². The first-order chi connectivity index (χ1) is 7.20. The van der Waals surface area contributed by atoms with Crippen LogP contribution in [0.15, 0.2) is 10.9 Å². The SMILES string of the molecule is Cc1c(C(F)F)cc(OC(F)(F)F)[nH]c1=O. The number of halogens is 5. The van der Waals surface area contributed by atoms with Crippen molar-refractivity contribution in [2.24, 2.45) is 0 Å². The van der Waals surface area contributed by atoms with E-state index in [1.54, 1.807) is 4.98 Å². The molecular formula is C8H6F5NO2. The van der Waals surface area contributed by atoms with Crippen molar-refractivity contribution in [3.8, 4) is 5.88 Å². The van der Waals surface area contributed by atoms with Crippen LogP contribution in [0.1, 0.15) is 17.6 Å². The summed E-state index contributed by atoms with van der Waals surface area (Å²) in [5.74, 6) is -1.06. The van der Waals surface area contributed by atoms with Crippen LogP contribution in [0.25, 0.3) is 0 Å². The van der Waals surface area contributed by atoms with Crippen molar-refractivity contribution in [1.29, 1.82) is 0 Å². The summed E-state index contributed by atoms with van der Waals surface area (Å²) in [6.07, 6.45) is -8.09. The quantitative estimate of drug-likeness (QED) is 0.811. The molecule has 0 aliphatic rings. The van der Waals surface area contributed by atoms with Crippen LogP contribution in [0.4, 0.5) is 22.0 Å². The summed E-state index contributed by atoms with van der Waals surface area (Å²) >= 11 is 0. The van der Waals surface area contributed by atoms with Crippen molar-refractivity contribution in [1.82, 2.24) is 4.98 Å². The van der Waals surface area contributed by atoms with Crippen LogP contribution in [0.3, 0.4) is 0 Å². The molecule has 0 saturated carbocycles. The second-order valence-corrected chi connectivity index (χ2v) is 2.89. The van der Waals surface area contributed by atoms with E-state index in [0.717, 1.165) is 6.92 Å². The molecule has 0 aliphatic heterocycles. The molecule has 0 unspecified atom stereocenters. The lowest BCUT2D eigenvalue weighted by Gasteiger charge is -2.10. The highest BCUT2D eigenvalue weighted by molar-refractivity contribution is 5.29. The van der Waals surface area contributed by atoms with Crippen molar-refractivity contribution in [2.75, 3.05) is 0 Å². The summed E-state index contributed by atoms with van der Waals surface area (Å²) in [5.41, 5.74) is -2.18. The standard InChI is InChI=1S/C8H6F5NO2/c1-3-4(6(9)10)2-5(14-7(3)15)16-8(11,12)13/h2,6H,1H3,(H,14,15). The molecule has 1 N–H and O–H groups in total. The van der Waals surface area contributed by atoms with E-state index in [1.807, 2.05) is 0 Å². The van der Waals surface area contributed by atoms with Gasteiger partial charge in [0.25, 0.3) is 12.0 Å². The van der Waals surface area contributed by atoms with Crippen LogP contribution < -0.4 is 10.3 Å². The molecule has 0 saturated heterocycles. The van der Waals surface area contributed by atoms with Gasteiger partial charge in [-0.3, -0.25) is 9.78 Å². The van der Waals surface area contributed by atoms with Crippen LogP contribution in [0, 0.1) is 6.92 Å². The maximum absolute atomic E-state index is 12.3. The number of rotatable bonds is 2. The summed E-state index contributed by atoms with van der Waals surface area (Å²) in [6.45, 7) is 1.08. The van der Waals surface area contributed by atoms with Crippen LogP contribution in [-0.4, -0.2) is 11.3 Å². The van der Waals surface area contributed by atoms with Gasteiger partial charge in [0.2, 0.25) is 5.88 Å². The molecule has 90 valence electrons. The van der Waals surface area contributed by atoms with E-state index in [0.29, 0.717) is 6.07 Å². The van der Waals surface area contributed by atoms with Gasteiger partial charge in [-0.1, -0.05) is 0 Å². The van der Waals surface area contributed by atoms with E-state index in [-0.39, 0.29) is 5.56 Å². The fourth-order valence-corrected chi connectivity index (χ4v) is 1.03. The molecule has 0 fully saturated rings. The predicted octanol–water partition coefficient (Wildman–Crippen LogP) is 2.52. The van der Waals surface area contributed by atoms with Crippen LogP contribution >= 0.6 is 0 Å². The Kier molecular flexibility index (Phi) is 3.20. The van der Waals surface area contributed by atoms with Crippen molar-refractivity contribution < 1.29 is 26.7 Å². The minimum absolute atomic E-state index is 0.343. The lowest BCUT2D eigenvalue weighted by atomic mass is 10.1. The number of nitrogens with one attached hydrogen (secondary N) is 1. The number of hydrogen-bond donors (Lipinski definition) is 1. The summed E-state index contributed by atoms with van der Waals surface area (Å²) in [5, 5.41) is 0. The molecule has 0 radical (unpaired) electrons. The molecule has 1 aromatic rings. The van der Waals surface area contributed by atoms with Gasteiger partial charge >= 0.3 is 6.36 Å². The second kappa shape index (κ2) is 4.11. The smallest absolute Gasteiger partial charge is 0.390 e. The van der Waals surface area contributed by atoms with E-state index in [1.165, 1.54) is 0 Å². The fraction of sp³-hybridized carbons (Fsp3) is 0.375. The molecular weight excluding hydrogens is 237 g/mol. The Labute approximate surface area is 85.8 Å². The number of alkyl halides is 5. The Balaban J connectivity index is 3.20. The van der Waals surface area contributed by atoms with Gasteiger partial charge in [-0.25, -0.2) is 8.78 Å². The Hall–Kier alpha value is -1.60. The van der Waals surface area contributed by atoms with E-state index in [2.05, 4.69) is 4.74 Å². The third-order valence-corrected chi connectivity index (χ3v) is 1.76. The minimum Gasteiger partial charge on any atom is -0.390 e. The average molecular weight is 243 g/mol. The summed E-state index contributed by atoms with van der Waals surface area (Å²) in [7, 11) is 0. The Morgan fingerprint density at radius 3 is 2.38 bits per heavy atom. The first-order valence-electron chi connectivity index (χ1n) is 3.98.